The van der Waals surface area contributed by atoms with Gasteiger partial charge in [-0.3, -0.25) is 4.68 Å². The van der Waals surface area contributed by atoms with E-state index in [-0.39, 0.29) is 0 Å². The first-order valence-corrected chi connectivity index (χ1v) is 10.9. The van der Waals surface area contributed by atoms with Crippen LogP contribution in [0.5, 0.6) is 0 Å². The van der Waals surface area contributed by atoms with Crippen molar-refractivity contribution in [2.24, 2.45) is 7.05 Å². The Morgan fingerprint density at radius 3 is 2.19 bits per heavy atom. The molecule has 8 heteroatoms. The highest BCUT2D eigenvalue weighted by Crippen LogP contribution is 2.29. The maximum atomic E-state index is 13.1. The highest BCUT2D eigenvalue weighted by Gasteiger charge is 2.33. The van der Waals surface area contributed by atoms with E-state index in [1.54, 1.807) is 8.61 Å². The van der Waals surface area contributed by atoms with Gasteiger partial charge in [-0.2, -0.15) is 22.1 Å². The molecule has 0 radical (unpaired) electrons. The van der Waals surface area contributed by atoms with Crippen molar-refractivity contribution < 1.29 is 8.42 Å². The number of benzene rings is 1. The van der Waals surface area contributed by atoms with E-state index in [9.17, 15) is 8.42 Å². The molecule has 1 fully saturated rings. The molecule has 0 amide bonds. The Labute approximate surface area is 161 Å². The highest BCUT2D eigenvalue weighted by atomic mass is 32.2. The fraction of sp³-hybridized carbons (Fsp3) is 0.526. The number of hydrogen-bond donors (Lipinski definition) is 0. The first kappa shape index (κ1) is 18.6. The van der Waals surface area contributed by atoms with Gasteiger partial charge in [0.1, 0.15) is 0 Å². The van der Waals surface area contributed by atoms with Gasteiger partial charge < -0.3 is 4.90 Å². The molecule has 1 aromatic heterocycles. The van der Waals surface area contributed by atoms with Crippen LogP contribution in [0.1, 0.15) is 11.3 Å². The Bertz CT molecular complexity index is 902. The average molecular weight is 390 g/mol. The molecule has 27 heavy (non-hydrogen) atoms. The van der Waals surface area contributed by atoms with E-state index in [0.29, 0.717) is 39.0 Å². The van der Waals surface area contributed by atoms with Crippen LogP contribution in [0.25, 0.3) is 11.3 Å². The van der Waals surface area contributed by atoms with Gasteiger partial charge in [0.2, 0.25) is 0 Å². The van der Waals surface area contributed by atoms with Gasteiger partial charge in [-0.15, -0.1) is 0 Å². The van der Waals surface area contributed by atoms with Crippen molar-refractivity contribution in [2.75, 3.05) is 46.3 Å². The summed E-state index contributed by atoms with van der Waals surface area (Å²) < 4.78 is 31.4. The van der Waals surface area contributed by atoms with Crippen molar-refractivity contribution in [3.8, 4) is 11.3 Å². The first-order chi connectivity index (χ1) is 13.0. The molecule has 0 aliphatic carbocycles. The van der Waals surface area contributed by atoms with Crippen LogP contribution in [0.4, 0.5) is 0 Å². The molecule has 2 aliphatic heterocycles. The third-order valence-electron chi connectivity index (χ3n) is 5.60. The smallest absolute Gasteiger partial charge is 0.282 e. The molecule has 0 atom stereocenters. The number of nitrogens with zero attached hydrogens (tertiary/aromatic N) is 5. The van der Waals surface area contributed by atoms with Crippen molar-refractivity contribution in [3.63, 3.8) is 0 Å². The molecule has 0 saturated carbocycles. The van der Waals surface area contributed by atoms with Gasteiger partial charge in [-0.25, -0.2) is 0 Å². The number of rotatable bonds is 3. The zero-order valence-electron chi connectivity index (χ0n) is 16.0. The van der Waals surface area contributed by atoms with Crippen molar-refractivity contribution in [2.45, 2.75) is 12.8 Å². The molecule has 3 heterocycles. The summed E-state index contributed by atoms with van der Waals surface area (Å²) in [6, 6.07) is 10.2. The van der Waals surface area contributed by atoms with Crippen LogP contribution in [0.3, 0.4) is 0 Å². The second kappa shape index (κ2) is 7.35. The number of hydrogen-bond acceptors (Lipinski definition) is 4. The van der Waals surface area contributed by atoms with Crippen LogP contribution in [0.15, 0.2) is 30.3 Å². The number of likely N-dealkylation sites (N-methyl/N-ethyl adjacent to an activating group) is 1. The summed E-state index contributed by atoms with van der Waals surface area (Å²) in [4.78, 5) is 2.17. The molecule has 1 saturated heterocycles. The SMILES string of the molecule is CN1CCN(S(=O)(=O)N2CCc3nn(C)c(-c4ccccc4)c3CC2)CC1. The summed E-state index contributed by atoms with van der Waals surface area (Å²) in [7, 11) is 0.589. The lowest BCUT2D eigenvalue weighted by molar-refractivity contribution is 0.211. The number of piperazine rings is 1. The maximum absolute atomic E-state index is 13.1. The highest BCUT2D eigenvalue weighted by molar-refractivity contribution is 7.86. The quantitative estimate of drug-likeness (QED) is 0.785. The van der Waals surface area contributed by atoms with Crippen molar-refractivity contribution >= 4 is 10.2 Å². The van der Waals surface area contributed by atoms with Gasteiger partial charge in [0, 0.05) is 63.9 Å². The molecule has 0 N–H and O–H groups in total. The third kappa shape index (κ3) is 3.54. The molecular weight excluding hydrogens is 362 g/mol. The normalized spacial score (nSPS) is 20.4. The zero-order chi connectivity index (χ0) is 19.0. The molecule has 0 unspecified atom stereocenters. The molecule has 2 aliphatic rings. The van der Waals surface area contributed by atoms with Crippen LogP contribution in [0, 0.1) is 0 Å². The summed E-state index contributed by atoms with van der Waals surface area (Å²) in [6.45, 7) is 3.70. The minimum atomic E-state index is -3.41. The second-order valence-electron chi connectivity index (χ2n) is 7.37. The number of aryl methyl sites for hydroxylation is 1. The van der Waals surface area contributed by atoms with Gasteiger partial charge in [-0.1, -0.05) is 30.3 Å². The van der Waals surface area contributed by atoms with E-state index in [1.165, 1.54) is 5.56 Å². The molecule has 2 aromatic rings. The fourth-order valence-electron chi connectivity index (χ4n) is 4.04. The Morgan fingerprint density at radius 2 is 1.48 bits per heavy atom. The van der Waals surface area contributed by atoms with Gasteiger partial charge in [0.25, 0.3) is 10.2 Å². The monoisotopic (exact) mass is 389 g/mol. The topological polar surface area (TPSA) is 61.7 Å². The summed E-state index contributed by atoms with van der Waals surface area (Å²) in [5.74, 6) is 0. The summed E-state index contributed by atoms with van der Waals surface area (Å²) >= 11 is 0. The van der Waals surface area contributed by atoms with E-state index in [2.05, 4.69) is 17.0 Å². The molecule has 0 spiro atoms. The van der Waals surface area contributed by atoms with Crippen LogP contribution in [-0.4, -0.2) is 78.0 Å². The predicted octanol–water partition coefficient (Wildman–Crippen LogP) is 0.980. The van der Waals surface area contributed by atoms with Gasteiger partial charge in [0.15, 0.2) is 0 Å². The van der Waals surface area contributed by atoms with E-state index in [1.807, 2.05) is 37.0 Å². The fourth-order valence-corrected chi connectivity index (χ4v) is 5.63. The lowest BCUT2D eigenvalue weighted by Crippen LogP contribution is -2.52. The Morgan fingerprint density at radius 1 is 0.852 bits per heavy atom. The van der Waals surface area contributed by atoms with Crippen molar-refractivity contribution in [1.29, 1.82) is 0 Å². The van der Waals surface area contributed by atoms with Crippen LogP contribution < -0.4 is 0 Å². The Balaban J connectivity index is 1.57. The van der Waals surface area contributed by atoms with E-state index in [0.717, 1.165) is 30.0 Å². The van der Waals surface area contributed by atoms with Crippen LogP contribution >= 0.6 is 0 Å². The Hall–Kier alpha value is -1.74. The minimum Gasteiger partial charge on any atom is -0.304 e. The standard InChI is InChI=1S/C19H27N5O2S/c1-21-12-14-24(15-13-21)27(25,26)23-10-8-17-18(9-11-23)20-22(2)19(17)16-6-4-3-5-7-16/h3-7H,8-15H2,1-2H3. The third-order valence-corrected chi connectivity index (χ3v) is 7.64. The molecule has 146 valence electrons. The lowest BCUT2D eigenvalue weighted by atomic mass is 10.0. The maximum Gasteiger partial charge on any atom is 0.282 e. The summed E-state index contributed by atoms with van der Waals surface area (Å²) in [5.41, 5.74) is 4.43. The van der Waals surface area contributed by atoms with Crippen LogP contribution in [0.2, 0.25) is 0 Å². The summed E-state index contributed by atoms with van der Waals surface area (Å²) in [6.07, 6.45) is 1.35. The molecular formula is C19H27N5O2S. The Kier molecular flexibility index (Phi) is 5.07. The average Bonchev–Trinajstić information content (AvgIpc) is 2.83. The molecule has 4 rings (SSSR count). The van der Waals surface area contributed by atoms with Crippen molar-refractivity contribution in [3.05, 3.63) is 41.6 Å². The van der Waals surface area contributed by atoms with E-state index >= 15 is 0 Å². The van der Waals surface area contributed by atoms with E-state index < -0.39 is 10.2 Å². The molecule has 0 bridgehead atoms. The number of fused-ring (bicyclic) bond motifs is 1. The van der Waals surface area contributed by atoms with Crippen LogP contribution in [-0.2, 0) is 30.1 Å². The van der Waals surface area contributed by atoms with E-state index in [4.69, 9.17) is 5.10 Å². The van der Waals surface area contributed by atoms with Gasteiger partial charge in [0.05, 0.1) is 11.4 Å². The van der Waals surface area contributed by atoms with Crippen molar-refractivity contribution in [1.82, 2.24) is 23.3 Å². The molecule has 7 nitrogen and oxygen atoms in total. The second-order valence-corrected chi connectivity index (χ2v) is 9.30. The minimum absolute atomic E-state index is 0.493. The first-order valence-electron chi connectivity index (χ1n) is 9.51. The van der Waals surface area contributed by atoms with Gasteiger partial charge >= 0.3 is 0 Å². The van der Waals surface area contributed by atoms with Gasteiger partial charge in [-0.05, 0) is 13.5 Å². The largest absolute Gasteiger partial charge is 0.304 e. The predicted molar refractivity (Wildman–Crippen MR) is 106 cm³/mol. The molecule has 1 aromatic carbocycles. The summed E-state index contributed by atoms with van der Waals surface area (Å²) in [5, 5.41) is 4.70. The lowest BCUT2D eigenvalue weighted by Gasteiger charge is -2.34. The zero-order valence-corrected chi connectivity index (χ0v) is 16.8. The number of aromatic nitrogens is 2.